The highest BCUT2D eigenvalue weighted by atomic mass is 32.2. The third-order valence-electron chi connectivity index (χ3n) is 14.2. The molecule has 2 N–H and O–H groups in total. The molecule has 0 unspecified atom stereocenters. The highest BCUT2D eigenvalue weighted by Gasteiger charge is 2.59. The Kier molecular flexibility index (Phi) is 9.72. The van der Waals surface area contributed by atoms with Crippen molar-refractivity contribution in [3.63, 3.8) is 0 Å². The van der Waals surface area contributed by atoms with Gasteiger partial charge in [0.25, 0.3) is 10.0 Å². The first kappa shape index (κ1) is 36.4. The number of nitrogens with zero attached hydrogens (tertiary/aromatic N) is 1. The van der Waals surface area contributed by atoms with Crippen molar-refractivity contribution in [2.24, 2.45) is 28.6 Å². The van der Waals surface area contributed by atoms with Gasteiger partial charge >= 0.3 is 0 Å². The second kappa shape index (κ2) is 13.9. The molecule has 7 aliphatic rings. The number of allylic oxidation sites excluding steroid dienone is 2. The lowest BCUT2D eigenvalue weighted by Crippen LogP contribution is -2.57. The lowest BCUT2D eigenvalue weighted by atomic mass is 9.49. The van der Waals surface area contributed by atoms with E-state index in [1.165, 1.54) is 36.2 Å². The van der Waals surface area contributed by atoms with E-state index in [1.54, 1.807) is 10.4 Å². The van der Waals surface area contributed by atoms with Gasteiger partial charge in [-0.05, 0) is 148 Å². The molecular formula is C44H55NO5S2. The molecule has 0 radical (unpaired) electrons. The molecule has 8 heteroatoms. The molecule has 1 heterocycles. The molecule has 2 aromatic carbocycles. The van der Waals surface area contributed by atoms with Gasteiger partial charge in [0.05, 0.1) is 11.7 Å². The van der Waals surface area contributed by atoms with Crippen LogP contribution in [0.25, 0.3) is 0 Å². The van der Waals surface area contributed by atoms with Crippen molar-refractivity contribution in [1.29, 1.82) is 0 Å². The van der Waals surface area contributed by atoms with Gasteiger partial charge in [-0.1, -0.05) is 67.1 Å². The zero-order valence-electron chi connectivity index (χ0n) is 30.8. The van der Waals surface area contributed by atoms with Crippen LogP contribution < -0.4 is 0 Å². The highest BCUT2D eigenvalue weighted by Crippen LogP contribution is 2.62. The summed E-state index contributed by atoms with van der Waals surface area (Å²) < 4.78 is 31.5. The molecule has 10 rings (SSSR count). The third-order valence-corrected chi connectivity index (χ3v) is 17.3. The van der Waals surface area contributed by atoms with Crippen LogP contribution >= 0.6 is 11.3 Å². The number of hydrogen-bond acceptors (Lipinski definition) is 6. The summed E-state index contributed by atoms with van der Waals surface area (Å²) >= 11 is 1.26. The Hall–Kier alpha value is -2.62. The van der Waals surface area contributed by atoms with Crippen LogP contribution in [0.1, 0.15) is 124 Å². The van der Waals surface area contributed by atoms with Gasteiger partial charge < -0.3 is 10.2 Å². The second-order valence-corrected chi connectivity index (χ2v) is 20.9. The molecule has 1 aromatic heterocycles. The molecule has 0 amide bonds. The summed E-state index contributed by atoms with van der Waals surface area (Å²) in [6.45, 7) is 4.80. The smallest absolute Gasteiger partial charge is 0.252 e. The van der Waals surface area contributed by atoms with E-state index < -0.39 is 27.1 Å². The van der Waals surface area contributed by atoms with Gasteiger partial charge in [0.2, 0.25) is 0 Å². The fourth-order valence-corrected chi connectivity index (χ4v) is 14.6. The maximum Gasteiger partial charge on any atom is 0.252 e. The third kappa shape index (κ3) is 6.70. The van der Waals surface area contributed by atoms with Crippen molar-refractivity contribution in [2.45, 2.75) is 119 Å². The molecule has 7 aliphatic carbocycles. The van der Waals surface area contributed by atoms with Crippen LogP contribution in [0.2, 0.25) is 0 Å². The zero-order chi connectivity index (χ0) is 36.3. The lowest BCUT2D eigenvalue weighted by Gasteiger charge is -2.58. The second-order valence-electron chi connectivity index (χ2n) is 17.8. The Bertz CT molecular complexity index is 1880. The maximum absolute atomic E-state index is 14.7. The monoisotopic (exact) mass is 741 g/mol. The van der Waals surface area contributed by atoms with Gasteiger partial charge in [0, 0.05) is 29.6 Å². The van der Waals surface area contributed by atoms with Gasteiger partial charge in [-0.3, -0.25) is 4.79 Å². The SMILES string of the molecule is CC1=CCC[C@@]2(C)[C@@H](CC[C@@]2(O)CN(CC23CC4CC(CC(C4)C2)C3)S(=O)(=O)c2cccs2)c2ccc(cc2C(=O)c2ccccc2)C[C@@H](O)CC1. The quantitative estimate of drug-likeness (QED) is 0.178. The molecular weight excluding hydrogens is 687 g/mol. The first-order valence-corrected chi connectivity index (χ1v) is 22.0. The van der Waals surface area contributed by atoms with Crippen molar-refractivity contribution in [1.82, 2.24) is 4.31 Å². The number of carbonyl (C=O) groups is 1. The van der Waals surface area contributed by atoms with E-state index in [0.29, 0.717) is 71.7 Å². The number of aliphatic hydroxyl groups is 2. The topological polar surface area (TPSA) is 94.9 Å². The molecule has 4 atom stereocenters. The summed E-state index contributed by atoms with van der Waals surface area (Å²) in [5, 5.41) is 26.1. The molecule has 3 aromatic rings. The molecule has 52 heavy (non-hydrogen) atoms. The molecule has 0 spiro atoms. The number of fused-ring (bicyclic) bond motifs is 8. The van der Waals surface area contributed by atoms with E-state index in [9.17, 15) is 23.4 Å². The standard InChI is InChI=1S/C44H55NO5S2/c1-30-8-6-17-42(2)39(37-15-13-31(23-36(46)14-12-30)24-38(37)41(47)35-9-4-3-5-10-35)16-18-44(42,48)29-45(52(49,50)40-11-7-19-51-40)28-43-25-32-20-33(26-43)22-34(21-32)27-43/h3-5,7-11,13,15,19,24,32-34,36,39,46,48H,6,12,14,16-18,20-23,25-29H2,1-2H3/t32?,33?,34?,36-,39-,42-,43?,44+/m0/s1. The van der Waals surface area contributed by atoms with Crippen LogP contribution in [0.4, 0.5) is 0 Å². The van der Waals surface area contributed by atoms with Crippen LogP contribution in [-0.2, 0) is 16.4 Å². The Morgan fingerprint density at radius 2 is 1.63 bits per heavy atom. The zero-order valence-corrected chi connectivity index (χ0v) is 32.4. The largest absolute Gasteiger partial charge is 0.393 e. The van der Waals surface area contributed by atoms with E-state index in [-0.39, 0.29) is 23.7 Å². The van der Waals surface area contributed by atoms with Crippen molar-refractivity contribution in [3.05, 3.63) is 99.9 Å². The average Bonchev–Trinajstić information content (AvgIpc) is 3.74. The fourth-order valence-electron chi connectivity index (χ4n) is 11.9. The number of aliphatic hydroxyl groups excluding tert-OH is 1. The minimum atomic E-state index is -3.86. The van der Waals surface area contributed by atoms with Gasteiger partial charge in [-0.15, -0.1) is 11.3 Å². The highest BCUT2D eigenvalue weighted by molar-refractivity contribution is 7.91. The minimum Gasteiger partial charge on any atom is -0.393 e. The number of carbonyl (C=O) groups excluding carboxylic acids is 1. The number of thiophene rings is 1. The van der Waals surface area contributed by atoms with E-state index in [2.05, 4.69) is 26.0 Å². The normalized spacial score (nSPS) is 34.6. The van der Waals surface area contributed by atoms with Crippen molar-refractivity contribution >= 4 is 27.1 Å². The molecule has 0 aliphatic heterocycles. The van der Waals surface area contributed by atoms with Crippen molar-refractivity contribution in [3.8, 4) is 0 Å². The van der Waals surface area contributed by atoms with Crippen LogP contribution in [-0.4, -0.2) is 53.5 Å². The van der Waals surface area contributed by atoms with E-state index in [1.807, 2.05) is 53.9 Å². The average molecular weight is 742 g/mol. The van der Waals surface area contributed by atoms with E-state index in [0.717, 1.165) is 43.2 Å². The van der Waals surface area contributed by atoms with Crippen LogP contribution in [0.5, 0.6) is 0 Å². The van der Waals surface area contributed by atoms with Crippen LogP contribution in [0.3, 0.4) is 0 Å². The molecule has 5 fully saturated rings. The summed E-state index contributed by atoms with van der Waals surface area (Å²) in [5.74, 6) is 1.84. The van der Waals surface area contributed by atoms with Crippen LogP contribution in [0.15, 0.2) is 81.9 Å². The Morgan fingerprint density at radius 3 is 2.31 bits per heavy atom. The molecule has 0 saturated heterocycles. The molecule has 6 bridgehead atoms. The Balaban J connectivity index is 1.21. The predicted molar refractivity (Wildman–Crippen MR) is 207 cm³/mol. The van der Waals surface area contributed by atoms with Gasteiger partial charge in [-0.2, -0.15) is 4.31 Å². The Labute approximate surface area is 314 Å². The first-order valence-electron chi connectivity index (χ1n) is 19.7. The first-order chi connectivity index (χ1) is 24.9. The van der Waals surface area contributed by atoms with Crippen molar-refractivity contribution < 1.29 is 23.4 Å². The predicted octanol–water partition coefficient (Wildman–Crippen LogP) is 8.92. The van der Waals surface area contributed by atoms with Crippen LogP contribution in [0, 0.1) is 28.6 Å². The molecule has 6 nitrogen and oxygen atoms in total. The molecule has 5 saturated carbocycles. The van der Waals surface area contributed by atoms with Crippen molar-refractivity contribution in [2.75, 3.05) is 13.1 Å². The maximum atomic E-state index is 14.7. The number of rotatable bonds is 8. The van der Waals surface area contributed by atoms with Gasteiger partial charge in [0.15, 0.2) is 5.78 Å². The summed E-state index contributed by atoms with van der Waals surface area (Å²) in [6, 6.07) is 19.0. The number of ketones is 1. The number of benzene rings is 2. The molecule has 278 valence electrons. The summed E-state index contributed by atoms with van der Waals surface area (Å²) in [7, 11) is -3.86. The minimum absolute atomic E-state index is 0.0346. The van der Waals surface area contributed by atoms with Gasteiger partial charge in [-0.25, -0.2) is 8.42 Å². The number of sulfonamides is 1. The lowest BCUT2D eigenvalue weighted by molar-refractivity contribution is -0.0920. The van der Waals surface area contributed by atoms with E-state index >= 15 is 0 Å². The van der Waals surface area contributed by atoms with E-state index in [4.69, 9.17) is 0 Å². The number of hydrogen-bond donors (Lipinski definition) is 2. The van der Waals surface area contributed by atoms with Gasteiger partial charge in [0.1, 0.15) is 4.21 Å². The fraction of sp³-hybridized carbons (Fsp3) is 0.568. The summed E-state index contributed by atoms with van der Waals surface area (Å²) in [6.07, 6.45) is 13.2. The summed E-state index contributed by atoms with van der Waals surface area (Å²) in [4.78, 5) is 14.3. The Morgan fingerprint density at radius 1 is 0.923 bits per heavy atom. The summed E-state index contributed by atoms with van der Waals surface area (Å²) in [5.41, 5.74) is 2.22.